The minimum Gasteiger partial charge on any atom is -0.481 e. The molecule has 9 N–H and O–H groups in total. The number of hydrogen-bond donors (Lipinski definition) is 7. The van der Waals surface area contributed by atoms with Gasteiger partial charge in [-0.05, 0) is 64.0 Å². The van der Waals surface area contributed by atoms with E-state index in [1.807, 2.05) is 0 Å². The molecule has 0 aromatic rings. The highest BCUT2D eigenvalue weighted by Crippen LogP contribution is 2.13. The molecule has 0 bridgehead atoms. The monoisotopic (exact) mass is 672 g/mol. The predicted molar refractivity (Wildman–Crippen MR) is 188 cm³/mol. The minimum absolute atomic E-state index is 0.174. The molecule has 0 spiro atoms. The van der Waals surface area contributed by atoms with Crippen LogP contribution in [0.15, 0.2) is 0 Å². The maximum Gasteiger partial charge on any atom is 0.326 e. The Morgan fingerprint density at radius 3 is 1.40 bits per heavy atom. The Bertz CT molecular complexity index is 837. The van der Waals surface area contributed by atoms with Crippen molar-refractivity contribution in [2.45, 2.75) is 174 Å². The third-order valence-electron chi connectivity index (χ3n) is 7.91. The molecule has 0 aliphatic carbocycles. The van der Waals surface area contributed by atoms with Crippen LogP contribution < -0.4 is 27.4 Å². The van der Waals surface area contributed by atoms with Crippen molar-refractivity contribution in [1.82, 2.24) is 16.0 Å². The molecule has 0 heterocycles. The van der Waals surface area contributed by atoms with E-state index in [0.717, 1.165) is 32.6 Å². The summed E-state index contributed by atoms with van der Waals surface area (Å²) in [6.45, 7) is 7.83. The third-order valence-corrected chi connectivity index (χ3v) is 7.91. The molecule has 12 nitrogen and oxygen atoms in total. The molecule has 0 unspecified atom stereocenters. The fraction of sp³-hybridized carbons (Fsp3) is 0.857. The maximum atomic E-state index is 13.2. The lowest BCUT2D eigenvalue weighted by Gasteiger charge is -2.26. The summed E-state index contributed by atoms with van der Waals surface area (Å²) in [5.74, 6) is -3.41. The van der Waals surface area contributed by atoms with Gasteiger partial charge < -0.3 is 37.6 Å². The smallest absolute Gasteiger partial charge is 0.326 e. The number of carbonyl (C=O) groups is 5. The molecule has 12 heteroatoms. The lowest BCUT2D eigenvalue weighted by atomic mass is 10.0. The van der Waals surface area contributed by atoms with E-state index in [2.05, 4.69) is 22.9 Å². The van der Waals surface area contributed by atoms with E-state index < -0.39 is 41.9 Å². The zero-order valence-electron chi connectivity index (χ0n) is 30.0. The first-order chi connectivity index (χ1) is 22.4. The van der Waals surface area contributed by atoms with Gasteiger partial charge in [0.05, 0.1) is 0 Å². The van der Waals surface area contributed by atoms with Crippen molar-refractivity contribution in [2.75, 3.05) is 13.1 Å². The predicted octanol–water partition coefficient (Wildman–Crippen LogP) is 5.01. The van der Waals surface area contributed by atoms with E-state index >= 15 is 0 Å². The Hall–Kier alpha value is -2.73. The van der Waals surface area contributed by atoms with E-state index in [4.69, 9.17) is 21.4 Å². The molecule has 0 aliphatic heterocycles. The van der Waals surface area contributed by atoms with Crippen molar-refractivity contribution in [3.8, 4) is 0 Å². The molecule has 0 aromatic carbocycles. The Morgan fingerprint density at radius 2 is 1.00 bits per heavy atom. The van der Waals surface area contributed by atoms with Crippen molar-refractivity contribution < 1.29 is 34.2 Å². The zero-order chi connectivity index (χ0) is 35.9. The average molecular weight is 672 g/mol. The lowest BCUT2D eigenvalue weighted by molar-refractivity contribution is -0.143. The van der Waals surface area contributed by atoms with Crippen LogP contribution in [0.1, 0.15) is 156 Å². The van der Waals surface area contributed by atoms with Gasteiger partial charge in [-0.1, -0.05) is 97.8 Å². The van der Waals surface area contributed by atoms with Gasteiger partial charge in [-0.15, -0.1) is 0 Å². The van der Waals surface area contributed by atoms with Crippen LogP contribution in [0, 0.1) is 5.92 Å². The number of carboxylic acid groups (broad SMARTS) is 2. The molecule has 47 heavy (non-hydrogen) atoms. The number of unbranched alkanes of at least 4 members (excludes halogenated alkanes) is 14. The van der Waals surface area contributed by atoms with E-state index in [1.165, 1.54) is 64.2 Å². The van der Waals surface area contributed by atoms with E-state index in [9.17, 15) is 24.3 Å². The van der Waals surface area contributed by atoms with Crippen molar-refractivity contribution in [1.29, 1.82) is 0 Å². The number of carboxylic acids is 2. The average Bonchev–Trinajstić information content (AvgIpc) is 3.00. The van der Waals surface area contributed by atoms with Gasteiger partial charge in [0.1, 0.15) is 18.1 Å². The number of aliphatic carboxylic acids is 2. The van der Waals surface area contributed by atoms with Crippen LogP contribution in [0.4, 0.5) is 0 Å². The highest BCUT2D eigenvalue weighted by Gasteiger charge is 2.31. The van der Waals surface area contributed by atoms with E-state index in [-0.39, 0.29) is 18.2 Å². The van der Waals surface area contributed by atoms with Crippen LogP contribution in [-0.2, 0) is 24.0 Å². The number of nitrogens with two attached hydrogens (primary N) is 2. The fourth-order valence-electron chi connectivity index (χ4n) is 5.13. The van der Waals surface area contributed by atoms with E-state index in [1.54, 1.807) is 13.8 Å². The normalized spacial score (nSPS) is 12.7. The number of carbonyl (C=O) groups excluding carboxylic acids is 3. The number of rotatable bonds is 29. The minimum atomic E-state index is -1.13. The SMILES string of the molecule is CC(=O)O.CCCCCCCCCCCCCCCC(=O)N[C@@H](CCCCN)C(=O)N[C@H](C(=O)N[C@@H](CCCCN)C(=O)O)C(C)C. The van der Waals surface area contributed by atoms with Crippen molar-refractivity contribution >= 4 is 29.7 Å². The molecule has 0 rings (SSSR count). The first kappa shape index (κ1) is 46.4. The van der Waals surface area contributed by atoms with Gasteiger partial charge in [0.25, 0.3) is 5.97 Å². The summed E-state index contributed by atoms with van der Waals surface area (Å²) in [6.07, 6.45) is 19.6. The highest BCUT2D eigenvalue weighted by atomic mass is 16.4. The lowest BCUT2D eigenvalue weighted by Crippen LogP contribution is -2.57. The van der Waals surface area contributed by atoms with Gasteiger partial charge >= 0.3 is 5.97 Å². The Labute approximate surface area is 284 Å². The van der Waals surface area contributed by atoms with Crippen LogP contribution in [0.3, 0.4) is 0 Å². The third kappa shape index (κ3) is 29.2. The molecule has 0 radical (unpaired) electrons. The summed E-state index contributed by atoms with van der Waals surface area (Å²) in [5, 5.41) is 25.1. The second-order valence-corrected chi connectivity index (χ2v) is 12.8. The molecule has 0 saturated carbocycles. The zero-order valence-corrected chi connectivity index (χ0v) is 30.0. The summed E-state index contributed by atoms with van der Waals surface area (Å²) in [4.78, 5) is 59.6. The van der Waals surface area contributed by atoms with Gasteiger partial charge in [0, 0.05) is 13.3 Å². The van der Waals surface area contributed by atoms with E-state index in [0.29, 0.717) is 45.2 Å². The Kier molecular flexibility index (Phi) is 31.4. The number of nitrogens with one attached hydrogen (secondary N) is 3. The fourth-order valence-corrected chi connectivity index (χ4v) is 5.13. The summed E-state index contributed by atoms with van der Waals surface area (Å²) in [7, 11) is 0. The molecule has 3 atom stereocenters. The number of hydrogen-bond acceptors (Lipinski definition) is 7. The summed E-state index contributed by atoms with van der Waals surface area (Å²) in [5.41, 5.74) is 11.1. The standard InChI is InChI=1S/C33H65N5O5.C2H4O2/c1-4-5-6-7-8-9-10-11-12-13-14-15-16-23-29(39)36-27(21-17-19-24-34)31(40)38-30(26(2)3)32(41)37-28(33(42)43)22-18-20-25-35;1-2(3)4/h26-28,30H,4-25,34-35H2,1-3H3,(H,36,39)(H,37,41)(H,38,40)(H,42,43);1H3,(H,3,4)/t27-,28-,30-;/m0./s1. The Balaban J connectivity index is 0. The van der Waals surface area contributed by atoms with Crippen LogP contribution in [0.5, 0.6) is 0 Å². The molecule has 276 valence electrons. The molecule has 0 aliphatic rings. The second kappa shape index (κ2) is 31.8. The van der Waals surface area contributed by atoms with Gasteiger partial charge in [0.15, 0.2) is 0 Å². The van der Waals surface area contributed by atoms with Crippen molar-refractivity contribution in [3.63, 3.8) is 0 Å². The molecular formula is C35H69N5O7. The van der Waals surface area contributed by atoms with Gasteiger partial charge in [-0.2, -0.15) is 0 Å². The van der Waals surface area contributed by atoms with Crippen LogP contribution in [-0.4, -0.2) is 71.1 Å². The summed E-state index contributed by atoms with van der Waals surface area (Å²) >= 11 is 0. The van der Waals surface area contributed by atoms with Gasteiger partial charge in [0.2, 0.25) is 17.7 Å². The summed E-state index contributed by atoms with van der Waals surface area (Å²) < 4.78 is 0. The Morgan fingerprint density at radius 1 is 0.574 bits per heavy atom. The van der Waals surface area contributed by atoms with Crippen molar-refractivity contribution in [2.24, 2.45) is 17.4 Å². The van der Waals surface area contributed by atoms with Gasteiger partial charge in [-0.3, -0.25) is 19.2 Å². The second-order valence-electron chi connectivity index (χ2n) is 12.8. The van der Waals surface area contributed by atoms with Crippen LogP contribution >= 0.6 is 0 Å². The maximum absolute atomic E-state index is 13.2. The van der Waals surface area contributed by atoms with Gasteiger partial charge in [-0.25, -0.2) is 4.79 Å². The molecular weight excluding hydrogens is 602 g/mol. The van der Waals surface area contributed by atoms with Crippen molar-refractivity contribution in [3.05, 3.63) is 0 Å². The van der Waals surface area contributed by atoms with Crippen LogP contribution in [0.2, 0.25) is 0 Å². The molecule has 0 saturated heterocycles. The largest absolute Gasteiger partial charge is 0.481 e. The molecule has 3 amide bonds. The summed E-state index contributed by atoms with van der Waals surface area (Å²) in [6, 6.07) is -2.77. The number of amides is 3. The first-order valence-electron chi connectivity index (χ1n) is 18.1. The first-order valence-corrected chi connectivity index (χ1v) is 18.1. The quantitative estimate of drug-likeness (QED) is 0.0531. The molecule has 0 fully saturated rings. The molecule has 0 aromatic heterocycles. The highest BCUT2D eigenvalue weighted by molar-refractivity contribution is 5.93. The topological polar surface area (TPSA) is 214 Å². The van der Waals surface area contributed by atoms with Crippen LogP contribution in [0.25, 0.3) is 0 Å².